The molecule has 0 heterocycles. The number of nitrogens with two attached hydrogens (primary N) is 2. The molecule has 10 N–H and O–H groups in total. The van der Waals surface area contributed by atoms with Gasteiger partial charge in [-0.15, -0.1) is 0 Å². The second-order valence-electron chi connectivity index (χ2n) is 7.19. The van der Waals surface area contributed by atoms with Crippen molar-refractivity contribution in [3.8, 4) is 0 Å². The third-order valence-electron chi connectivity index (χ3n) is 4.32. The number of hydrogen-bond acceptors (Lipinski definition) is 8. The SMILES string of the molecule is CC(N)C(=O)NC(C(=O)NC(CCCCN)C(=O)NC(CCC(=O)O)C(=O)O)C(C)O. The number of aliphatic hydroxyl groups excluding tert-OH is 1. The van der Waals surface area contributed by atoms with Crippen LogP contribution in [0.4, 0.5) is 0 Å². The molecule has 178 valence electrons. The van der Waals surface area contributed by atoms with E-state index in [1.54, 1.807) is 0 Å². The third kappa shape index (κ3) is 11.3. The lowest BCUT2D eigenvalue weighted by molar-refractivity contribution is -0.143. The smallest absolute Gasteiger partial charge is 0.326 e. The highest BCUT2D eigenvalue weighted by atomic mass is 16.4. The zero-order valence-electron chi connectivity index (χ0n) is 17.7. The van der Waals surface area contributed by atoms with Crippen LogP contribution in [0.1, 0.15) is 46.0 Å². The van der Waals surface area contributed by atoms with Gasteiger partial charge in [0.15, 0.2) is 0 Å². The molecule has 5 atom stereocenters. The number of carboxylic acid groups (broad SMARTS) is 2. The second-order valence-corrected chi connectivity index (χ2v) is 7.19. The van der Waals surface area contributed by atoms with E-state index in [4.69, 9.17) is 16.6 Å². The molecule has 0 aliphatic heterocycles. The molecule has 3 amide bonds. The number of rotatable bonds is 15. The van der Waals surface area contributed by atoms with Crippen LogP contribution in [-0.4, -0.2) is 81.8 Å². The van der Waals surface area contributed by atoms with Crippen LogP contribution in [-0.2, 0) is 24.0 Å². The van der Waals surface area contributed by atoms with E-state index in [9.17, 15) is 34.2 Å². The maximum atomic E-state index is 12.6. The maximum Gasteiger partial charge on any atom is 0.326 e. The van der Waals surface area contributed by atoms with Gasteiger partial charge in [-0.25, -0.2) is 4.79 Å². The summed E-state index contributed by atoms with van der Waals surface area (Å²) in [6.45, 7) is 2.99. The van der Waals surface area contributed by atoms with Gasteiger partial charge in [0.1, 0.15) is 18.1 Å². The Bertz CT molecular complexity index is 640. The standard InChI is InChI=1S/C18H33N5O8/c1-9(20)15(27)23-14(10(2)24)17(29)21-11(5-3-4-8-19)16(28)22-12(18(30)31)6-7-13(25)26/h9-12,14,24H,3-8,19-20H2,1-2H3,(H,21,29)(H,22,28)(H,23,27)(H,25,26)(H,30,31). The number of carboxylic acids is 2. The van der Waals surface area contributed by atoms with Crippen LogP contribution in [0.3, 0.4) is 0 Å². The summed E-state index contributed by atoms with van der Waals surface area (Å²) < 4.78 is 0. The highest BCUT2D eigenvalue weighted by Crippen LogP contribution is 2.06. The van der Waals surface area contributed by atoms with Crippen LogP contribution in [0.5, 0.6) is 0 Å². The van der Waals surface area contributed by atoms with Crippen molar-refractivity contribution in [3.05, 3.63) is 0 Å². The van der Waals surface area contributed by atoms with E-state index < -0.39 is 66.4 Å². The first-order valence-corrected chi connectivity index (χ1v) is 9.90. The Labute approximate surface area is 179 Å². The van der Waals surface area contributed by atoms with Crippen molar-refractivity contribution in [1.82, 2.24) is 16.0 Å². The first-order valence-electron chi connectivity index (χ1n) is 9.90. The summed E-state index contributed by atoms with van der Waals surface area (Å²) in [7, 11) is 0. The van der Waals surface area contributed by atoms with Crippen molar-refractivity contribution in [2.45, 2.75) is 76.2 Å². The van der Waals surface area contributed by atoms with E-state index in [0.29, 0.717) is 19.4 Å². The first kappa shape index (κ1) is 28.2. The van der Waals surface area contributed by atoms with Crippen LogP contribution < -0.4 is 27.4 Å². The van der Waals surface area contributed by atoms with Gasteiger partial charge in [0.2, 0.25) is 17.7 Å². The predicted octanol–water partition coefficient (Wildman–Crippen LogP) is -2.75. The Morgan fingerprint density at radius 1 is 0.839 bits per heavy atom. The monoisotopic (exact) mass is 447 g/mol. The lowest BCUT2D eigenvalue weighted by Gasteiger charge is -2.26. The molecule has 0 aliphatic carbocycles. The number of amides is 3. The number of aliphatic carboxylic acids is 2. The lowest BCUT2D eigenvalue weighted by atomic mass is 10.0. The summed E-state index contributed by atoms with van der Waals surface area (Å²) in [6.07, 6.45) is -1.07. The third-order valence-corrected chi connectivity index (χ3v) is 4.32. The molecule has 0 spiro atoms. The predicted molar refractivity (Wildman–Crippen MR) is 109 cm³/mol. The van der Waals surface area contributed by atoms with Gasteiger partial charge in [0.05, 0.1) is 12.1 Å². The van der Waals surface area contributed by atoms with Gasteiger partial charge in [-0.05, 0) is 46.1 Å². The molecule has 13 nitrogen and oxygen atoms in total. The summed E-state index contributed by atoms with van der Waals surface area (Å²) in [5, 5.41) is 34.7. The van der Waals surface area contributed by atoms with E-state index in [0.717, 1.165) is 0 Å². The molecule has 0 saturated heterocycles. The zero-order chi connectivity index (χ0) is 24.1. The molecule has 31 heavy (non-hydrogen) atoms. The first-order chi connectivity index (χ1) is 14.4. The molecular weight excluding hydrogens is 414 g/mol. The fraction of sp³-hybridized carbons (Fsp3) is 0.722. The van der Waals surface area contributed by atoms with Gasteiger partial charge in [-0.3, -0.25) is 19.2 Å². The Morgan fingerprint density at radius 3 is 1.87 bits per heavy atom. The molecule has 5 unspecified atom stereocenters. The van der Waals surface area contributed by atoms with Gasteiger partial charge in [-0.1, -0.05) is 0 Å². The van der Waals surface area contributed by atoms with Crippen LogP contribution in [0.25, 0.3) is 0 Å². The van der Waals surface area contributed by atoms with Crippen molar-refractivity contribution >= 4 is 29.7 Å². The van der Waals surface area contributed by atoms with Gasteiger partial charge < -0.3 is 42.7 Å². The Morgan fingerprint density at radius 2 is 1.42 bits per heavy atom. The van der Waals surface area contributed by atoms with E-state index in [1.165, 1.54) is 13.8 Å². The van der Waals surface area contributed by atoms with Gasteiger partial charge >= 0.3 is 11.9 Å². The van der Waals surface area contributed by atoms with Crippen molar-refractivity contribution < 1.29 is 39.3 Å². The molecule has 0 fully saturated rings. The van der Waals surface area contributed by atoms with Gasteiger partial charge in [-0.2, -0.15) is 0 Å². The van der Waals surface area contributed by atoms with Crippen molar-refractivity contribution in [2.75, 3.05) is 6.54 Å². The van der Waals surface area contributed by atoms with E-state index in [2.05, 4.69) is 16.0 Å². The highest BCUT2D eigenvalue weighted by Gasteiger charge is 2.31. The number of unbranched alkanes of at least 4 members (excludes halogenated alkanes) is 1. The normalized spacial score (nSPS) is 15.6. The quantitative estimate of drug-likeness (QED) is 0.120. The van der Waals surface area contributed by atoms with Crippen LogP contribution in [0.2, 0.25) is 0 Å². The fourth-order valence-corrected chi connectivity index (χ4v) is 2.51. The topological polar surface area (TPSA) is 234 Å². The van der Waals surface area contributed by atoms with Crippen LogP contribution >= 0.6 is 0 Å². The zero-order valence-corrected chi connectivity index (χ0v) is 17.7. The minimum atomic E-state index is -1.47. The van der Waals surface area contributed by atoms with Crippen LogP contribution in [0.15, 0.2) is 0 Å². The average Bonchev–Trinajstić information content (AvgIpc) is 2.67. The Kier molecular flexibility index (Phi) is 13.0. The number of aliphatic hydroxyl groups is 1. The summed E-state index contributed by atoms with van der Waals surface area (Å²) in [4.78, 5) is 59.1. The molecule has 0 saturated carbocycles. The minimum absolute atomic E-state index is 0.105. The molecule has 0 radical (unpaired) electrons. The van der Waals surface area contributed by atoms with Gasteiger partial charge in [0.25, 0.3) is 0 Å². The number of hydrogen-bond donors (Lipinski definition) is 8. The highest BCUT2D eigenvalue weighted by molar-refractivity contribution is 5.94. The van der Waals surface area contributed by atoms with E-state index >= 15 is 0 Å². The number of nitrogens with one attached hydrogen (secondary N) is 3. The van der Waals surface area contributed by atoms with Crippen molar-refractivity contribution in [1.29, 1.82) is 0 Å². The molecule has 0 aromatic heterocycles. The Hall–Kier alpha value is -2.77. The lowest BCUT2D eigenvalue weighted by Crippen LogP contribution is -2.59. The number of carbonyl (C=O) groups is 5. The summed E-state index contributed by atoms with van der Waals surface area (Å²) in [5.74, 6) is -5.05. The molecule has 0 aliphatic rings. The molecular formula is C18H33N5O8. The van der Waals surface area contributed by atoms with E-state index in [-0.39, 0.29) is 12.8 Å². The molecule has 0 aromatic carbocycles. The molecule has 0 bridgehead atoms. The average molecular weight is 447 g/mol. The molecule has 13 heteroatoms. The summed E-state index contributed by atoms with van der Waals surface area (Å²) in [5.41, 5.74) is 10.9. The van der Waals surface area contributed by atoms with Crippen molar-refractivity contribution in [2.24, 2.45) is 11.5 Å². The summed E-state index contributed by atoms with van der Waals surface area (Å²) >= 11 is 0. The largest absolute Gasteiger partial charge is 0.481 e. The minimum Gasteiger partial charge on any atom is -0.481 e. The number of carbonyl (C=O) groups excluding carboxylic acids is 3. The maximum absolute atomic E-state index is 12.6. The fourth-order valence-electron chi connectivity index (χ4n) is 2.51. The van der Waals surface area contributed by atoms with Crippen molar-refractivity contribution in [3.63, 3.8) is 0 Å². The van der Waals surface area contributed by atoms with E-state index in [1.807, 2.05) is 0 Å². The second kappa shape index (κ2) is 14.3. The Balaban J connectivity index is 5.38. The van der Waals surface area contributed by atoms with Crippen LogP contribution in [0, 0.1) is 0 Å². The van der Waals surface area contributed by atoms with Gasteiger partial charge in [0, 0.05) is 6.42 Å². The molecule has 0 aromatic rings. The molecule has 0 rings (SSSR count). The summed E-state index contributed by atoms with van der Waals surface area (Å²) in [6, 6.07) is -5.00.